The summed E-state index contributed by atoms with van der Waals surface area (Å²) in [6.45, 7) is 0. The van der Waals surface area contributed by atoms with E-state index in [1.54, 1.807) is 24.3 Å². The van der Waals surface area contributed by atoms with Gasteiger partial charge in [-0.25, -0.2) is 0 Å². The number of carbonyl (C=O) groups is 2. The summed E-state index contributed by atoms with van der Waals surface area (Å²) in [5, 5.41) is 6.00. The molecule has 4 saturated carbocycles. The monoisotopic (exact) mass is 442 g/mol. The molecule has 4 fully saturated rings. The summed E-state index contributed by atoms with van der Waals surface area (Å²) in [5.74, 6) is 1.30. The highest BCUT2D eigenvalue weighted by Gasteiger charge is 2.51. The fraction of sp³-hybridized carbons (Fsp3) is 0.440. The van der Waals surface area contributed by atoms with Gasteiger partial charge in [0.15, 0.2) is 0 Å². The van der Waals surface area contributed by atoms with Gasteiger partial charge in [-0.3, -0.25) is 9.59 Å². The van der Waals surface area contributed by atoms with Gasteiger partial charge in [0.2, 0.25) is 0 Å². The second kappa shape index (κ2) is 7.64. The Labute approximate surface area is 184 Å². The molecule has 2 amide bonds. The second-order valence-corrected chi connectivity index (χ2v) is 9.73. The Morgan fingerprint density at radius 3 is 1.94 bits per heavy atom. The van der Waals surface area contributed by atoms with Crippen molar-refractivity contribution in [1.29, 1.82) is 0 Å². The summed E-state index contributed by atoms with van der Waals surface area (Å²) in [6, 6.07) is 10.8. The number of halogens is 3. The number of amides is 2. The zero-order valence-electron chi connectivity index (χ0n) is 17.5. The van der Waals surface area contributed by atoms with Crippen LogP contribution in [0, 0.1) is 17.8 Å². The van der Waals surface area contributed by atoms with Crippen molar-refractivity contribution in [2.45, 2.75) is 50.2 Å². The van der Waals surface area contributed by atoms with E-state index in [1.165, 1.54) is 19.3 Å². The molecule has 2 aromatic carbocycles. The minimum Gasteiger partial charge on any atom is -0.347 e. The standard InChI is InChI=1S/C25H25F3N2O2/c26-25(27,28)19-7-5-18(6-8-19)22(31)29-21-4-2-1-3-20(21)23(32)30-24-12-15-9-16(13-24)11-17(10-15)14-24/h1-8,15-17H,9-14H2,(H,29,31)(H,30,32). The largest absolute Gasteiger partial charge is 0.416 e. The Morgan fingerprint density at radius 2 is 1.38 bits per heavy atom. The van der Waals surface area contributed by atoms with Gasteiger partial charge in [-0.15, -0.1) is 0 Å². The molecule has 7 heteroatoms. The molecule has 0 atom stereocenters. The van der Waals surface area contributed by atoms with Gasteiger partial charge in [0, 0.05) is 11.1 Å². The van der Waals surface area contributed by atoms with E-state index >= 15 is 0 Å². The summed E-state index contributed by atoms with van der Waals surface area (Å²) in [6.07, 6.45) is 2.41. The minimum atomic E-state index is -4.46. The normalized spacial score (nSPS) is 28.4. The van der Waals surface area contributed by atoms with Gasteiger partial charge in [0.1, 0.15) is 0 Å². The first-order valence-corrected chi connectivity index (χ1v) is 11.1. The van der Waals surface area contributed by atoms with Crippen LogP contribution in [-0.4, -0.2) is 17.4 Å². The topological polar surface area (TPSA) is 58.2 Å². The molecule has 0 unspecified atom stereocenters. The Bertz CT molecular complexity index is 1010. The number of anilines is 1. The molecule has 4 nitrogen and oxygen atoms in total. The first kappa shape index (κ1) is 21.0. The second-order valence-electron chi connectivity index (χ2n) is 9.73. The lowest BCUT2D eigenvalue weighted by molar-refractivity contribution is -0.137. The lowest BCUT2D eigenvalue weighted by Crippen LogP contribution is -2.59. The van der Waals surface area contributed by atoms with E-state index in [0.29, 0.717) is 29.0 Å². The third-order valence-electron chi connectivity index (χ3n) is 7.31. The van der Waals surface area contributed by atoms with Crippen LogP contribution in [0.15, 0.2) is 48.5 Å². The Balaban J connectivity index is 1.32. The molecule has 4 bridgehead atoms. The molecule has 0 aliphatic heterocycles. The number of hydrogen-bond acceptors (Lipinski definition) is 2. The van der Waals surface area contributed by atoms with Crippen LogP contribution in [0.1, 0.15) is 64.8 Å². The van der Waals surface area contributed by atoms with E-state index < -0.39 is 17.6 Å². The first-order valence-electron chi connectivity index (χ1n) is 11.1. The molecule has 0 saturated heterocycles. The smallest absolute Gasteiger partial charge is 0.347 e. The molecule has 0 radical (unpaired) electrons. The van der Waals surface area contributed by atoms with Crippen LogP contribution in [0.4, 0.5) is 18.9 Å². The van der Waals surface area contributed by atoms with Crippen LogP contribution in [0.2, 0.25) is 0 Å². The average Bonchev–Trinajstić information content (AvgIpc) is 2.72. The maximum atomic E-state index is 13.2. The van der Waals surface area contributed by atoms with Gasteiger partial charge in [0.05, 0.1) is 16.8 Å². The van der Waals surface area contributed by atoms with E-state index in [0.717, 1.165) is 43.5 Å². The molecule has 0 heterocycles. The van der Waals surface area contributed by atoms with Gasteiger partial charge in [-0.1, -0.05) is 12.1 Å². The van der Waals surface area contributed by atoms with Gasteiger partial charge in [-0.2, -0.15) is 13.2 Å². The molecule has 4 aliphatic carbocycles. The van der Waals surface area contributed by atoms with Gasteiger partial charge < -0.3 is 10.6 Å². The number of rotatable bonds is 4. The summed E-state index contributed by atoms with van der Waals surface area (Å²) >= 11 is 0. The summed E-state index contributed by atoms with van der Waals surface area (Å²) in [4.78, 5) is 25.9. The summed E-state index contributed by atoms with van der Waals surface area (Å²) in [5.41, 5.74) is -0.169. The summed E-state index contributed by atoms with van der Waals surface area (Å²) in [7, 11) is 0. The van der Waals surface area contributed by atoms with Crippen molar-refractivity contribution in [2.24, 2.45) is 17.8 Å². The lowest BCUT2D eigenvalue weighted by atomic mass is 9.53. The van der Waals surface area contributed by atoms with E-state index in [-0.39, 0.29) is 17.0 Å². The molecule has 4 aliphatic rings. The number of carbonyl (C=O) groups excluding carboxylic acids is 2. The quantitative estimate of drug-likeness (QED) is 0.642. The molecule has 0 aromatic heterocycles. The Morgan fingerprint density at radius 1 is 0.812 bits per heavy atom. The third-order valence-corrected chi connectivity index (χ3v) is 7.31. The van der Waals surface area contributed by atoms with Crippen molar-refractivity contribution in [3.8, 4) is 0 Å². The highest BCUT2D eigenvalue weighted by atomic mass is 19.4. The minimum absolute atomic E-state index is 0.0919. The zero-order chi connectivity index (χ0) is 22.5. The molecule has 32 heavy (non-hydrogen) atoms. The van der Waals surface area contributed by atoms with Crippen LogP contribution in [0.25, 0.3) is 0 Å². The van der Waals surface area contributed by atoms with Crippen molar-refractivity contribution in [3.63, 3.8) is 0 Å². The zero-order valence-corrected chi connectivity index (χ0v) is 17.5. The van der Waals surface area contributed by atoms with E-state index in [9.17, 15) is 22.8 Å². The Hall–Kier alpha value is -2.83. The average molecular weight is 442 g/mol. The van der Waals surface area contributed by atoms with Crippen LogP contribution >= 0.6 is 0 Å². The highest BCUT2D eigenvalue weighted by molar-refractivity contribution is 6.09. The van der Waals surface area contributed by atoms with E-state index in [4.69, 9.17) is 0 Å². The lowest BCUT2D eigenvalue weighted by Gasteiger charge is -2.56. The maximum Gasteiger partial charge on any atom is 0.416 e. The number of hydrogen-bond donors (Lipinski definition) is 2. The Kier molecular flexibility index (Phi) is 5.02. The fourth-order valence-corrected chi connectivity index (χ4v) is 6.37. The highest BCUT2D eigenvalue weighted by Crippen LogP contribution is 2.55. The van der Waals surface area contributed by atoms with E-state index in [2.05, 4.69) is 10.6 Å². The number of alkyl halides is 3. The first-order chi connectivity index (χ1) is 15.2. The molecule has 6 rings (SSSR count). The molecule has 2 N–H and O–H groups in total. The van der Waals surface area contributed by atoms with Crippen LogP contribution < -0.4 is 10.6 Å². The van der Waals surface area contributed by atoms with Crippen molar-refractivity contribution >= 4 is 17.5 Å². The molecule has 0 spiro atoms. The maximum absolute atomic E-state index is 13.2. The van der Waals surface area contributed by atoms with Crippen molar-refractivity contribution in [2.75, 3.05) is 5.32 Å². The van der Waals surface area contributed by atoms with Crippen LogP contribution in [0.5, 0.6) is 0 Å². The van der Waals surface area contributed by atoms with Crippen molar-refractivity contribution in [3.05, 3.63) is 65.2 Å². The summed E-state index contributed by atoms with van der Waals surface area (Å²) < 4.78 is 38.3. The van der Waals surface area contributed by atoms with Crippen molar-refractivity contribution < 1.29 is 22.8 Å². The number of para-hydroxylation sites is 1. The fourth-order valence-electron chi connectivity index (χ4n) is 6.37. The predicted octanol–water partition coefficient (Wildman–Crippen LogP) is 5.66. The predicted molar refractivity (Wildman–Crippen MR) is 114 cm³/mol. The van der Waals surface area contributed by atoms with Gasteiger partial charge in [0.25, 0.3) is 11.8 Å². The van der Waals surface area contributed by atoms with E-state index in [1.807, 2.05) is 0 Å². The molecule has 2 aromatic rings. The van der Waals surface area contributed by atoms with Gasteiger partial charge >= 0.3 is 6.18 Å². The molecule has 168 valence electrons. The SMILES string of the molecule is O=C(Nc1ccccc1C(=O)NC12CC3CC(CC(C3)C1)C2)c1ccc(C(F)(F)F)cc1. The van der Waals surface area contributed by atoms with Gasteiger partial charge in [-0.05, 0) is 92.7 Å². The number of nitrogens with one attached hydrogen (secondary N) is 2. The molecular formula is C25H25F3N2O2. The van der Waals surface area contributed by atoms with Crippen molar-refractivity contribution in [1.82, 2.24) is 5.32 Å². The number of benzene rings is 2. The van der Waals surface area contributed by atoms with Crippen LogP contribution in [-0.2, 0) is 6.18 Å². The third kappa shape index (κ3) is 4.00. The van der Waals surface area contributed by atoms with Crippen LogP contribution in [0.3, 0.4) is 0 Å². The molecular weight excluding hydrogens is 417 g/mol.